The minimum Gasteiger partial charge on any atom is -0.457 e. The second-order valence-corrected chi connectivity index (χ2v) is 11.7. The molecule has 2 aliphatic heterocycles. The molecule has 9 heteroatoms. The second kappa shape index (κ2) is 12.6. The van der Waals surface area contributed by atoms with Crippen molar-refractivity contribution in [3.63, 3.8) is 0 Å². The summed E-state index contributed by atoms with van der Waals surface area (Å²) in [7, 11) is 0. The summed E-state index contributed by atoms with van der Waals surface area (Å²) < 4.78 is 6.03. The number of urea groups is 1. The van der Waals surface area contributed by atoms with Gasteiger partial charge in [-0.1, -0.05) is 50.2 Å². The Morgan fingerprint density at radius 3 is 2.56 bits per heavy atom. The predicted molar refractivity (Wildman–Crippen MR) is 160 cm³/mol. The van der Waals surface area contributed by atoms with E-state index in [9.17, 15) is 14.4 Å². The molecule has 0 saturated carbocycles. The van der Waals surface area contributed by atoms with E-state index in [1.54, 1.807) is 21.1 Å². The molecule has 0 fully saturated rings. The van der Waals surface area contributed by atoms with E-state index in [4.69, 9.17) is 4.74 Å². The maximum absolute atomic E-state index is 14.1. The molecular formula is C32H36N4O4S. The van der Waals surface area contributed by atoms with Crippen molar-refractivity contribution < 1.29 is 19.1 Å². The molecule has 8 nitrogen and oxygen atoms in total. The Bertz CT molecular complexity index is 1420. The highest BCUT2D eigenvalue weighted by Crippen LogP contribution is 2.38. The van der Waals surface area contributed by atoms with E-state index in [1.165, 1.54) is 4.88 Å². The van der Waals surface area contributed by atoms with E-state index < -0.39 is 12.1 Å². The minimum absolute atomic E-state index is 0.166. The van der Waals surface area contributed by atoms with E-state index in [2.05, 4.69) is 10.6 Å². The number of thiophene rings is 1. The van der Waals surface area contributed by atoms with Crippen LogP contribution in [0.25, 0.3) is 0 Å². The van der Waals surface area contributed by atoms with Gasteiger partial charge in [-0.25, -0.2) is 4.79 Å². The summed E-state index contributed by atoms with van der Waals surface area (Å²) in [5, 5.41) is 8.11. The largest absolute Gasteiger partial charge is 0.457 e. The van der Waals surface area contributed by atoms with E-state index in [0.717, 1.165) is 12.0 Å². The first-order valence-corrected chi connectivity index (χ1v) is 15.0. The van der Waals surface area contributed by atoms with Crippen LogP contribution in [0.2, 0.25) is 0 Å². The van der Waals surface area contributed by atoms with Gasteiger partial charge in [0.2, 0.25) is 5.91 Å². The van der Waals surface area contributed by atoms with E-state index >= 15 is 0 Å². The number of carbonyl (C=O) groups excluding carboxylic acids is 3. The molecule has 0 spiro atoms. The van der Waals surface area contributed by atoms with Crippen molar-refractivity contribution >= 4 is 29.2 Å². The number of likely N-dealkylation sites (N-methyl/N-ethyl adjacent to an activating group) is 1. The number of rotatable bonds is 11. The van der Waals surface area contributed by atoms with Gasteiger partial charge in [0.1, 0.15) is 17.5 Å². The predicted octanol–water partition coefficient (Wildman–Crippen LogP) is 5.50. The Hall–Kier alpha value is -4.11. The molecule has 0 saturated heterocycles. The third-order valence-electron chi connectivity index (χ3n) is 7.36. The van der Waals surface area contributed by atoms with Gasteiger partial charge in [-0.15, -0.1) is 11.3 Å². The highest BCUT2D eigenvalue weighted by atomic mass is 32.1. The lowest BCUT2D eigenvalue weighted by molar-refractivity contribution is -0.137. The van der Waals surface area contributed by atoms with Gasteiger partial charge in [0.05, 0.1) is 23.9 Å². The van der Waals surface area contributed by atoms with Crippen LogP contribution in [0.15, 0.2) is 83.4 Å². The van der Waals surface area contributed by atoms with Gasteiger partial charge in [-0.3, -0.25) is 14.5 Å². The number of amides is 4. The van der Waals surface area contributed by atoms with Gasteiger partial charge in [0, 0.05) is 18.0 Å². The van der Waals surface area contributed by atoms with Crippen LogP contribution in [0.1, 0.15) is 43.7 Å². The molecule has 2 atom stereocenters. The summed E-state index contributed by atoms with van der Waals surface area (Å²) in [6, 6.07) is 19.4. The number of ether oxygens (including phenoxy) is 1. The van der Waals surface area contributed by atoms with Crippen LogP contribution in [-0.2, 0) is 16.0 Å². The first kappa shape index (κ1) is 28.4. The van der Waals surface area contributed by atoms with Crippen LogP contribution < -0.4 is 15.4 Å². The molecule has 2 aliphatic rings. The number of hydrogen-bond acceptors (Lipinski definition) is 5. The molecule has 2 unspecified atom stereocenters. The fraction of sp³-hybridized carbons (Fsp3) is 0.344. The zero-order valence-electron chi connectivity index (χ0n) is 23.6. The zero-order chi connectivity index (χ0) is 28.9. The zero-order valence-corrected chi connectivity index (χ0v) is 24.4. The van der Waals surface area contributed by atoms with Gasteiger partial charge in [-0.2, -0.15) is 0 Å². The fourth-order valence-corrected chi connectivity index (χ4v) is 6.14. The van der Waals surface area contributed by atoms with Crippen LogP contribution in [0, 0.1) is 5.92 Å². The topological polar surface area (TPSA) is 91.0 Å². The quantitative estimate of drug-likeness (QED) is 0.318. The summed E-state index contributed by atoms with van der Waals surface area (Å²) in [6.45, 7) is 7.10. The van der Waals surface area contributed by atoms with Gasteiger partial charge in [0.25, 0.3) is 5.91 Å². The van der Waals surface area contributed by atoms with Crippen LogP contribution in [0.5, 0.6) is 11.5 Å². The van der Waals surface area contributed by atoms with Crippen LogP contribution >= 0.6 is 11.3 Å². The van der Waals surface area contributed by atoms with Gasteiger partial charge < -0.3 is 20.3 Å². The van der Waals surface area contributed by atoms with Crippen LogP contribution in [0.4, 0.5) is 4.79 Å². The number of nitrogens with one attached hydrogen (secondary N) is 2. The third-order valence-corrected chi connectivity index (χ3v) is 8.30. The summed E-state index contributed by atoms with van der Waals surface area (Å²) in [5.74, 6) is 1.10. The first-order valence-electron chi connectivity index (χ1n) is 14.1. The second-order valence-electron chi connectivity index (χ2n) is 10.7. The molecule has 5 rings (SSSR count). The lowest BCUT2D eigenvalue weighted by Crippen LogP contribution is -2.49. The standard InChI is InChI=1S/C32H36N4O4S/c1-4-35-27-20-36(26(18-21(2)3)30(37)33-16-15-25-14-9-17-41-25)31(38)28(27)29(34-32(35)39)22-10-8-13-24(19-22)40-23-11-6-5-7-12-23/h5-14,17,19,21,26,29H,4,15-16,18,20H2,1-3H3,(H,33,37)(H,34,39). The van der Waals surface area contributed by atoms with Crippen molar-refractivity contribution in [3.8, 4) is 11.5 Å². The molecule has 1 aromatic heterocycles. The Labute approximate surface area is 245 Å². The van der Waals surface area contributed by atoms with Gasteiger partial charge >= 0.3 is 6.03 Å². The van der Waals surface area contributed by atoms with Crippen molar-refractivity contribution in [2.45, 2.75) is 45.7 Å². The van der Waals surface area contributed by atoms with E-state index in [0.29, 0.717) is 42.3 Å². The summed E-state index contributed by atoms with van der Waals surface area (Å²) in [5.41, 5.74) is 1.90. The number of hydrogen-bond donors (Lipinski definition) is 2. The SMILES string of the molecule is CCN1C(=O)NC(c2cccc(Oc3ccccc3)c2)C2=C1CN(C(CC(C)C)C(=O)NCCc1cccs1)C2=O. The molecule has 0 aliphatic carbocycles. The first-order chi connectivity index (χ1) is 19.9. The van der Waals surface area contributed by atoms with E-state index in [-0.39, 0.29) is 30.3 Å². The molecule has 2 aromatic carbocycles. The molecule has 4 amide bonds. The molecule has 0 bridgehead atoms. The highest BCUT2D eigenvalue weighted by molar-refractivity contribution is 7.09. The molecule has 2 N–H and O–H groups in total. The maximum atomic E-state index is 14.1. The minimum atomic E-state index is -0.654. The highest BCUT2D eigenvalue weighted by Gasteiger charge is 2.46. The van der Waals surface area contributed by atoms with Crippen molar-refractivity contribution in [1.29, 1.82) is 0 Å². The Balaban J connectivity index is 1.40. The van der Waals surface area contributed by atoms with Crippen LogP contribution in [-0.4, -0.2) is 53.3 Å². The molecule has 0 radical (unpaired) electrons. The van der Waals surface area contributed by atoms with Crippen molar-refractivity contribution in [1.82, 2.24) is 20.4 Å². The average Bonchev–Trinajstić information content (AvgIpc) is 3.60. The molecular weight excluding hydrogens is 536 g/mol. The maximum Gasteiger partial charge on any atom is 0.322 e. The van der Waals surface area contributed by atoms with Crippen molar-refractivity contribution in [2.75, 3.05) is 19.6 Å². The Kier molecular flexibility index (Phi) is 8.73. The average molecular weight is 573 g/mol. The summed E-state index contributed by atoms with van der Waals surface area (Å²) >= 11 is 1.66. The number of carbonyl (C=O) groups is 3. The fourth-order valence-electron chi connectivity index (χ4n) is 5.44. The van der Waals surface area contributed by atoms with Crippen molar-refractivity contribution in [2.24, 2.45) is 5.92 Å². The molecule has 3 aromatic rings. The number of nitrogens with zero attached hydrogens (tertiary/aromatic N) is 2. The van der Waals surface area contributed by atoms with Gasteiger partial charge in [0.15, 0.2) is 0 Å². The Morgan fingerprint density at radius 1 is 1.07 bits per heavy atom. The third kappa shape index (κ3) is 6.30. The van der Waals surface area contributed by atoms with Crippen molar-refractivity contribution in [3.05, 3.63) is 93.8 Å². The summed E-state index contributed by atoms with van der Waals surface area (Å²) in [6.07, 6.45) is 1.27. The van der Waals surface area contributed by atoms with Gasteiger partial charge in [-0.05, 0) is 67.0 Å². The summed E-state index contributed by atoms with van der Waals surface area (Å²) in [4.78, 5) is 45.3. The lowest BCUT2D eigenvalue weighted by atomic mass is 9.95. The normalized spacial score (nSPS) is 17.5. The number of para-hydroxylation sites is 1. The van der Waals surface area contributed by atoms with E-state index in [1.807, 2.05) is 92.9 Å². The Morgan fingerprint density at radius 2 is 1.85 bits per heavy atom. The molecule has 41 heavy (non-hydrogen) atoms. The molecule has 3 heterocycles. The monoisotopic (exact) mass is 572 g/mol. The number of benzene rings is 2. The lowest BCUT2D eigenvalue weighted by Gasteiger charge is -2.33. The molecule has 214 valence electrons. The van der Waals surface area contributed by atoms with Crippen LogP contribution in [0.3, 0.4) is 0 Å². The smallest absolute Gasteiger partial charge is 0.322 e.